The number of aromatic amines is 2. The second-order valence-electron chi connectivity index (χ2n) is 5.81. The third kappa shape index (κ3) is 2.28. The summed E-state index contributed by atoms with van der Waals surface area (Å²) in [6.07, 6.45) is 0. The molecule has 0 aliphatic heterocycles. The molecule has 0 spiro atoms. The van der Waals surface area contributed by atoms with E-state index in [1.165, 1.54) is 0 Å². The van der Waals surface area contributed by atoms with Crippen LogP contribution in [0.2, 0.25) is 0 Å². The highest BCUT2D eigenvalue weighted by Gasteiger charge is 2.11. The van der Waals surface area contributed by atoms with E-state index in [9.17, 15) is 9.59 Å². The number of aryl methyl sites for hydroxylation is 2. The van der Waals surface area contributed by atoms with Crippen LogP contribution in [0.4, 0.5) is 5.69 Å². The Morgan fingerprint density at radius 2 is 1.88 bits per heavy atom. The topological polar surface area (TPSA) is 90.9 Å². The van der Waals surface area contributed by atoms with Crippen LogP contribution in [0.15, 0.2) is 45.6 Å². The molecule has 0 saturated carbocycles. The maximum absolute atomic E-state index is 12.5. The summed E-state index contributed by atoms with van der Waals surface area (Å²) in [5.41, 5.74) is 5.41. The van der Waals surface area contributed by atoms with Crippen LogP contribution in [-0.2, 0) is 0 Å². The van der Waals surface area contributed by atoms with E-state index in [1.54, 1.807) is 24.3 Å². The molecule has 0 bridgehead atoms. The molecule has 3 N–H and O–H groups in total. The lowest BCUT2D eigenvalue weighted by atomic mass is 10.1. The Kier molecular flexibility index (Phi) is 3.06. The molecule has 0 saturated heterocycles. The second kappa shape index (κ2) is 5.13. The SMILES string of the molecule is Cc1[nH]c2ccc(C(=O)Nc3ccc4oc(=O)[nH]c4c3)cc2c1C. The highest BCUT2D eigenvalue weighted by molar-refractivity contribution is 6.07. The first-order valence-electron chi connectivity index (χ1n) is 7.54. The van der Waals surface area contributed by atoms with E-state index in [4.69, 9.17) is 4.42 Å². The van der Waals surface area contributed by atoms with Crippen LogP contribution in [0.3, 0.4) is 0 Å². The van der Waals surface area contributed by atoms with Gasteiger partial charge < -0.3 is 14.7 Å². The standard InChI is InChI=1S/C18H15N3O3/c1-9-10(2)19-14-5-3-11(7-13(9)14)17(22)20-12-4-6-16-15(8-12)21-18(23)24-16/h3-8,19H,1-2H3,(H,20,22)(H,21,23). The number of H-pyrrole nitrogens is 2. The van der Waals surface area contributed by atoms with E-state index >= 15 is 0 Å². The monoisotopic (exact) mass is 321 g/mol. The number of oxazole rings is 1. The Morgan fingerprint density at radius 3 is 2.71 bits per heavy atom. The molecule has 2 heterocycles. The molecule has 1 amide bonds. The molecule has 0 fully saturated rings. The lowest BCUT2D eigenvalue weighted by Crippen LogP contribution is -2.11. The Labute approximate surface area is 136 Å². The lowest BCUT2D eigenvalue weighted by Gasteiger charge is -2.05. The number of carbonyl (C=O) groups excluding carboxylic acids is 1. The molecule has 2 aromatic carbocycles. The summed E-state index contributed by atoms with van der Waals surface area (Å²) in [7, 11) is 0. The van der Waals surface area contributed by atoms with Gasteiger partial charge in [-0.25, -0.2) is 4.79 Å². The first-order chi connectivity index (χ1) is 11.5. The summed E-state index contributed by atoms with van der Waals surface area (Å²) in [6, 6.07) is 10.6. The molecular formula is C18H15N3O3. The van der Waals surface area contributed by atoms with Gasteiger partial charge in [-0.05, 0) is 55.8 Å². The van der Waals surface area contributed by atoms with Crippen molar-refractivity contribution in [1.29, 1.82) is 0 Å². The second-order valence-corrected chi connectivity index (χ2v) is 5.81. The minimum atomic E-state index is -0.516. The van der Waals surface area contributed by atoms with Crippen molar-refractivity contribution >= 4 is 33.6 Å². The summed E-state index contributed by atoms with van der Waals surface area (Å²) >= 11 is 0. The average molecular weight is 321 g/mol. The molecule has 0 atom stereocenters. The van der Waals surface area contributed by atoms with Crippen LogP contribution < -0.4 is 11.1 Å². The summed E-state index contributed by atoms with van der Waals surface area (Å²) in [5, 5.41) is 3.87. The molecule has 120 valence electrons. The number of hydrogen-bond acceptors (Lipinski definition) is 3. The summed E-state index contributed by atoms with van der Waals surface area (Å²) in [6.45, 7) is 4.04. The van der Waals surface area contributed by atoms with Crippen molar-refractivity contribution in [2.24, 2.45) is 0 Å². The van der Waals surface area contributed by atoms with Crippen LogP contribution in [0, 0.1) is 13.8 Å². The zero-order chi connectivity index (χ0) is 16.8. The van der Waals surface area contributed by atoms with Gasteiger partial charge in [0.25, 0.3) is 5.91 Å². The molecule has 4 rings (SSSR count). The Hall–Kier alpha value is -3.28. The smallest absolute Gasteiger partial charge is 0.408 e. The van der Waals surface area contributed by atoms with Gasteiger partial charge in [-0.3, -0.25) is 9.78 Å². The predicted octanol–water partition coefficient (Wildman–Crippen LogP) is 3.47. The number of benzene rings is 2. The molecule has 2 aromatic heterocycles. The fraction of sp³-hybridized carbons (Fsp3) is 0.111. The summed E-state index contributed by atoms with van der Waals surface area (Å²) < 4.78 is 4.95. The molecule has 0 aliphatic carbocycles. The zero-order valence-electron chi connectivity index (χ0n) is 13.2. The van der Waals surface area contributed by atoms with Crippen LogP contribution in [0.1, 0.15) is 21.6 Å². The lowest BCUT2D eigenvalue weighted by molar-refractivity contribution is 0.102. The van der Waals surface area contributed by atoms with Gasteiger partial charge in [-0.1, -0.05) is 0 Å². The molecule has 6 nitrogen and oxygen atoms in total. The van der Waals surface area contributed by atoms with E-state index in [2.05, 4.69) is 15.3 Å². The van der Waals surface area contributed by atoms with E-state index in [0.29, 0.717) is 22.4 Å². The molecule has 0 aliphatic rings. The minimum Gasteiger partial charge on any atom is -0.408 e. The number of anilines is 1. The van der Waals surface area contributed by atoms with Gasteiger partial charge in [0.1, 0.15) is 0 Å². The highest BCUT2D eigenvalue weighted by atomic mass is 16.4. The molecule has 6 heteroatoms. The van der Waals surface area contributed by atoms with Crippen molar-refractivity contribution in [2.45, 2.75) is 13.8 Å². The molecular weight excluding hydrogens is 306 g/mol. The maximum atomic E-state index is 12.5. The number of hydrogen-bond donors (Lipinski definition) is 3. The Bertz CT molecular complexity index is 1150. The van der Waals surface area contributed by atoms with E-state index < -0.39 is 5.76 Å². The largest absolute Gasteiger partial charge is 0.417 e. The van der Waals surface area contributed by atoms with Crippen molar-refractivity contribution in [3.63, 3.8) is 0 Å². The van der Waals surface area contributed by atoms with E-state index in [0.717, 1.165) is 22.2 Å². The number of rotatable bonds is 2. The van der Waals surface area contributed by atoms with Crippen molar-refractivity contribution in [2.75, 3.05) is 5.32 Å². The van der Waals surface area contributed by atoms with Gasteiger partial charge in [0.2, 0.25) is 0 Å². The third-order valence-electron chi connectivity index (χ3n) is 4.25. The first-order valence-corrected chi connectivity index (χ1v) is 7.54. The van der Waals surface area contributed by atoms with Crippen LogP contribution in [0.5, 0.6) is 0 Å². The zero-order valence-corrected chi connectivity index (χ0v) is 13.2. The number of fused-ring (bicyclic) bond motifs is 2. The van der Waals surface area contributed by atoms with Crippen LogP contribution in [0.25, 0.3) is 22.0 Å². The number of carbonyl (C=O) groups is 1. The molecule has 4 aromatic rings. The summed E-state index contributed by atoms with van der Waals surface area (Å²) in [5.74, 6) is -0.724. The Morgan fingerprint density at radius 1 is 1.04 bits per heavy atom. The van der Waals surface area contributed by atoms with Gasteiger partial charge in [-0.15, -0.1) is 0 Å². The average Bonchev–Trinajstić information content (AvgIpc) is 3.06. The van der Waals surface area contributed by atoms with Gasteiger partial charge in [0, 0.05) is 27.8 Å². The van der Waals surface area contributed by atoms with Crippen molar-refractivity contribution in [3.8, 4) is 0 Å². The van der Waals surface area contributed by atoms with E-state index in [1.807, 2.05) is 26.0 Å². The van der Waals surface area contributed by atoms with Crippen LogP contribution in [-0.4, -0.2) is 15.9 Å². The fourth-order valence-electron chi connectivity index (χ4n) is 2.84. The van der Waals surface area contributed by atoms with Gasteiger partial charge in [0.15, 0.2) is 5.58 Å². The number of nitrogens with one attached hydrogen (secondary N) is 3. The number of aromatic nitrogens is 2. The fourth-order valence-corrected chi connectivity index (χ4v) is 2.84. The van der Waals surface area contributed by atoms with Gasteiger partial charge in [-0.2, -0.15) is 0 Å². The van der Waals surface area contributed by atoms with Crippen molar-refractivity contribution in [1.82, 2.24) is 9.97 Å². The highest BCUT2D eigenvalue weighted by Crippen LogP contribution is 2.23. The summed E-state index contributed by atoms with van der Waals surface area (Å²) in [4.78, 5) is 29.5. The van der Waals surface area contributed by atoms with Gasteiger partial charge in [0.05, 0.1) is 5.52 Å². The minimum absolute atomic E-state index is 0.208. The Balaban J connectivity index is 1.67. The predicted molar refractivity (Wildman–Crippen MR) is 92.6 cm³/mol. The molecule has 0 unspecified atom stereocenters. The number of amides is 1. The third-order valence-corrected chi connectivity index (χ3v) is 4.25. The quantitative estimate of drug-likeness (QED) is 0.528. The van der Waals surface area contributed by atoms with Crippen LogP contribution >= 0.6 is 0 Å². The van der Waals surface area contributed by atoms with Gasteiger partial charge >= 0.3 is 5.76 Å². The first kappa shape index (κ1) is 14.3. The van der Waals surface area contributed by atoms with E-state index in [-0.39, 0.29) is 5.91 Å². The molecule has 24 heavy (non-hydrogen) atoms. The van der Waals surface area contributed by atoms with Crippen molar-refractivity contribution in [3.05, 3.63) is 63.8 Å². The van der Waals surface area contributed by atoms with Crippen molar-refractivity contribution < 1.29 is 9.21 Å². The maximum Gasteiger partial charge on any atom is 0.417 e. The molecule has 0 radical (unpaired) electrons. The normalized spacial score (nSPS) is 11.2.